The van der Waals surface area contributed by atoms with E-state index in [1.54, 1.807) is 6.20 Å². The number of carbonyl (C=O) groups is 1. The maximum Gasteiger partial charge on any atom is 0.417 e. The Morgan fingerprint density at radius 3 is 2.52 bits per heavy atom. The van der Waals surface area contributed by atoms with Crippen LogP contribution in [-0.2, 0) is 6.18 Å². The molecule has 0 spiro atoms. The van der Waals surface area contributed by atoms with E-state index in [0.717, 1.165) is 17.0 Å². The van der Waals surface area contributed by atoms with Crippen molar-refractivity contribution in [1.29, 1.82) is 0 Å². The zero-order chi connectivity index (χ0) is 15.6. The van der Waals surface area contributed by atoms with Gasteiger partial charge in [-0.1, -0.05) is 26.0 Å². The fraction of sp³-hybridized carbons (Fsp3) is 0.286. The number of rotatable bonds is 3. The highest BCUT2D eigenvalue weighted by atomic mass is 32.1. The third-order valence-electron chi connectivity index (χ3n) is 2.79. The number of amides is 1. The van der Waals surface area contributed by atoms with Gasteiger partial charge in [-0.15, -0.1) is 11.3 Å². The van der Waals surface area contributed by atoms with E-state index in [1.807, 2.05) is 13.8 Å². The molecule has 0 atom stereocenters. The number of anilines is 1. The highest BCUT2D eigenvalue weighted by Gasteiger charge is 2.34. The van der Waals surface area contributed by atoms with E-state index < -0.39 is 23.2 Å². The number of carbonyl (C=O) groups excluding carboxylic acids is 1. The molecule has 0 unspecified atom stereocenters. The van der Waals surface area contributed by atoms with Gasteiger partial charge in [0.15, 0.2) is 5.13 Å². The van der Waals surface area contributed by atoms with E-state index in [0.29, 0.717) is 5.13 Å². The van der Waals surface area contributed by atoms with Crippen molar-refractivity contribution in [3.8, 4) is 0 Å². The van der Waals surface area contributed by atoms with Crippen LogP contribution in [0.1, 0.15) is 40.6 Å². The molecule has 0 aliphatic carbocycles. The summed E-state index contributed by atoms with van der Waals surface area (Å²) >= 11 is 1.25. The molecule has 0 bridgehead atoms. The molecule has 2 rings (SSSR count). The summed E-state index contributed by atoms with van der Waals surface area (Å²) in [7, 11) is 0. The summed E-state index contributed by atoms with van der Waals surface area (Å²) in [5.41, 5.74) is -1.37. The first-order chi connectivity index (χ1) is 9.79. The number of thiazole rings is 1. The summed E-state index contributed by atoms with van der Waals surface area (Å²) in [5.74, 6) is -0.566. The number of hydrogen-bond donors (Lipinski definition) is 1. The maximum absolute atomic E-state index is 12.9. The molecule has 0 saturated carbocycles. The van der Waals surface area contributed by atoms with Gasteiger partial charge in [-0.25, -0.2) is 4.98 Å². The van der Waals surface area contributed by atoms with Crippen LogP contribution in [0.5, 0.6) is 0 Å². The lowest BCUT2D eigenvalue weighted by Crippen LogP contribution is -2.18. The predicted octanol–water partition coefficient (Wildman–Crippen LogP) is 4.54. The Balaban J connectivity index is 2.24. The molecule has 0 aliphatic rings. The molecular weight excluding hydrogens is 301 g/mol. The van der Waals surface area contributed by atoms with Crippen LogP contribution in [0.2, 0.25) is 0 Å². The molecule has 1 amide bonds. The van der Waals surface area contributed by atoms with E-state index in [2.05, 4.69) is 10.3 Å². The minimum Gasteiger partial charge on any atom is -0.298 e. The summed E-state index contributed by atoms with van der Waals surface area (Å²) in [6.45, 7) is 3.94. The smallest absolute Gasteiger partial charge is 0.298 e. The Bertz CT molecular complexity index is 650. The van der Waals surface area contributed by atoms with Crippen LogP contribution in [0.15, 0.2) is 30.5 Å². The van der Waals surface area contributed by atoms with E-state index in [9.17, 15) is 18.0 Å². The third kappa shape index (κ3) is 3.60. The number of aromatic nitrogens is 1. The van der Waals surface area contributed by atoms with Crippen molar-refractivity contribution in [2.24, 2.45) is 0 Å². The van der Waals surface area contributed by atoms with Gasteiger partial charge < -0.3 is 0 Å². The summed E-state index contributed by atoms with van der Waals surface area (Å²) in [6.07, 6.45) is -2.96. The second-order valence-corrected chi connectivity index (χ2v) is 5.78. The van der Waals surface area contributed by atoms with Crippen LogP contribution in [0.25, 0.3) is 0 Å². The zero-order valence-corrected chi connectivity index (χ0v) is 12.2. The Kier molecular flexibility index (Phi) is 4.32. The quantitative estimate of drug-likeness (QED) is 0.904. The summed E-state index contributed by atoms with van der Waals surface area (Å²) in [5, 5.41) is 2.71. The van der Waals surface area contributed by atoms with E-state index in [1.165, 1.54) is 23.5 Å². The normalized spacial score (nSPS) is 11.7. The van der Waals surface area contributed by atoms with Crippen molar-refractivity contribution in [2.75, 3.05) is 5.32 Å². The first-order valence-corrected chi connectivity index (χ1v) is 7.04. The molecule has 0 saturated heterocycles. The highest BCUT2D eigenvalue weighted by Crippen LogP contribution is 2.32. The fourth-order valence-corrected chi connectivity index (χ4v) is 2.52. The highest BCUT2D eigenvalue weighted by molar-refractivity contribution is 7.15. The van der Waals surface area contributed by atoms with E-state index in [4.69, 9.17) is 0 Å². The lowest BCUT2D eigenvalue weighted by molar-refractivity contribution is -0.137. The maximum atomic E-state index is 12.9. The van der Waals surface area contributed by atoms with Gasteiger partial charge in [0.25, 0.3) is 5.91 Å². The SMILES string of the molecule is CC(C)c1cnc(NC(=O)c2ccccc2C(F)(F)F)s1. The van der Waals surface area contributed by atoms with E-state index >= 15 is 0 Å². The van der Waals surface area contributed by atoms with Crippen molar-refractivity contribution in [3.63, 3.8) is 0 Å². The van der Waals surface area contributed by atoms with Gasteiger partial charge >= 0.3 is 6.18 Å². The number of nitrogens with zero attached hydrogens (tertiary/aromatic N) is 1. The number of alkyl halides is 3. The minimum atomic E-state index is -4.57. The lowest BCUT2D eigenvalue weighted by Gasteiger charge is -2.11. The summed E-state index contributed by atoms with van der Waals surface area (Å²) in [4.78, 5) is 17.0. The van der Waals surface area contributed by atoms with Crippen LogP contribution >= 0.6 is 11.3 Å². The van der Waals surface area contributed by atoms with Crippen molar-refractivity contribution < 1.29 is 18.0 Å². The number of nitrogens with one attached hydrogen (secondary N) is 1. The first-order valence-electron chi connectivity index (χ1n) is 6.22. The number of benzene rings is 1. The van der Waals surface area contributed by atoms with Gasteiger partial charge in [-0.05, 0) is 18.1 Å². The van der Waals surface area contributed by atoms with Crippen LogP contribution in [-0.4, -0.2) is 10.9 Å². The van der Waals surface area contributed by atoms with Gasteiger partial charge in [0.1, 0.15) is 0 Å². The summed E-state index contributed by atoms with van der Waals surface area (Å²) in [6, 6.07) is 4.68. The molecule has 7 heteroatoms. The van der Waals surface area contributed by atoms with Crippen LogP contribution in [0.3, 0.4) is 0 Å². The zero-order valence-electron chi connectivity index (χ0n) is 11.4. The second-order valence-electron chi connectivity index (χ2n) is 4.72. The predicted molar refractivity (Wildman–Crippen MR) is 75.6 cm³/mol. The Labute approximate surface area is 123 Å². The molecule has 0 aliphatic heterocycles. The van der Waals surface area contributed by atoms with Gasteiger partial charge in [-0.2, -0.15) is 13.2 Å². The van der Waals surface area contributed by atoms with Gasteiger partial charge in [0.2, 0.25) is 0 Å². The molecule has 0 fully saturated rings. The second kappa shape index (κ2) is 5.85. The largest absolute Gasteiger partial charge is 0.417 e. The third-order valence-corrected chi connectivity index (χ3v) is 4.00. The van der Waals surface area contributed by atoms with Crippen LogP contribution < -0.4 is 5.32 Å². The lowest BCUT2D eigenvalue weighted by atomic mass is 10.1. The Morgan fingerprint density at radius 2 is 1.95 bits per heavy atom. The summed E-state index contributed by atoms with van der Waals surface area (Å²) < 4.78 is 38.6. The number of hydrogen-bond acceptors (Lipinski definition) is 3. The molecule has 112 valence electrons. The van der Waals surface area contributed by atoms with Crippen molar-refractivity contribution >= 4 is 22.4 Å². The topological polar surface area (TPSA) is 42.0 Å². The molecule has 1 aromatic heterocycles. The molecular formula is C14H13F3N2OS. The first kappa shape index (κ1) is 15.5. The molecule has 1 N–H and O–H groups in total. The Morgan fingerprint density at radius 1 is 1.29 bits per heavy atom. The van der Waals surface area contributed by atoms with Crippen LogP contribution in [0.4, 0.5) is 18.3 Å². The molecule has 0 radical (unpaired) electrons. The number of halogens is 3. The fourth-order valence-electron chi connectivity index (χ4n) is 1.70. The minimum absolute atomic E-state index is 0.246. The standard InChI is InChI=1S/C14H13F3N2OS/c1-8(2)11-7-18-13(21-11)19-12(20)9-5-3-4-6-10(9)14(15,16)17/h3-8H,1-2H3,(H,18,19,20). The molecule has 3 nitrogen and oxygen atoms in total. The van der Waals surface area contributed by atoms with Gasteiger partial charge in [-0.3, -0.25) is 10.1 Å². The van der Waals surface area contributed by atoms with E-state index in [-0.39, 0.29) is 5.92 Å². The average Bonchev–Trinajstić information content (AvgIpc) is 2.86. The van der Waals surface area contributed by atoms with Gasteiger partial charge in [0.05, 0.1) is 11.1 Å². The van der Waals surface area contributed by atoms with Crippen molar-refractivity contribution in [3.05, 3.63) is 46.5 Å². The van der Waals surface area contributed by atoms with Crippen LogP contribution in [0, 0.1) is 0 Å². The monoisotopic (exact) mass is 314 g/mol. The van der Waals surface area contributed by atoms with Crippen molar-refractivity contribution in [2.45, 2.75) is 25.9 Å². The molecule has 1 heterocycles. The average molecular weight is 314 g/mol. The molecule has 1 aromatic carbocycles. The van der Waals surface area contributed by atoms with Crippen molar-refractivity contribution in [1.82, 2.24) is 4.98 Å². The molecule has 21 heavy (non-hydrogen) atoms. The molecule has 2 aromatic rings. The van der Waals surface area contributed by atoms with Gasteiger partial charge in [0, 0.05) is 11.1 Å². The Hall–Kier alpha value is -1.89.